The van der Waals surface area contributed by atoms with E-state index in [0.717, 1.165) is 5.69 Å². The second-order valence-electron chi connectivity index (χ2n) is 3.39. The average Bonchev–Trinajstić information content (AvgIpc) is 2.04. The van der Waals surface area contributed by atoms with Crippen molar-refractivity contribution in [1.82, 2.24) is 4.98 Å². The summed E-state index contributed by atoms with van der Waals surface area (Å²) in [5.41, 5.74) is 4.57. The highest BCUT2D eigenvalue weighted by atomic mass is 35.5. The van der Waals surface area contributed by atoms with Crippen molar-refractivity contribution >= 4 is 17.3 Å². The summed E-state index contributed by atoms with van der Waals surface area (Å²) in [5.74, 6) is 0.479. The topological polar surface area (TPSA) is 16.1 Å². The smallest absolute Gasteiger partial charge is 0.0650 e. The van der Waals surface area contributed by atoms with Gasteiger partial charge in [0.1, 0.15) is 0 Å². The van der Waals surface area contributed by atoms with E-state index in [-0.39, 0.29) is 0 Å². The minimum atomic E-state index is 0.479. The van der Waals surface area contributed by atoms with Gasteiger partial charge in [0.2, 0.25) is 0 Å². The van der Waals surface area contributed by atoms with Gasteiger partial charge in [0, 0.05) is 26.0 Å². The molecule has 1 aromatic heterocycles. The fraction of sp³-hybridized carbons (Fsp3) is 0.500. The van der Waals surface area contributed by atoms with Crippen LogP contribution >= 0.6 is 11.6 Å². The zero-order valence-electron chi connectivity index (χ0n) is 8.56. The Morgan fingerprint density at radius 1 is 1.38 bits per heavy atom. The average molecular weight is 199 g/mol. The predicted molar refractivity (Wildman–Crippen MR) is 57.6 cm³/mol. The normalized spacial score (nSPS) is 10.2. The van der Waals surface area contributed by atoms with Crippen molar-refractivity contribution in [2.24, 2.45) is 0 Å². The first-order valence-electron chi connectivity index (χ1n) is 4.26. The Bertz CT molecular complexity index is 308. The lowest BCUT2D eigenvalue weighted by Crippen LogP contribution is -2.13. The molecule has 0 fully saturated rings. The van der Waals surface area contributed by atoms with E-state index >= 15 is 0 Å². The maximum atomic E-state index is 5.78. The number of rotatable bonds is 2. The van der Waals surface area contributed by atoms with Crippen LogP contribution in [-0.2, 0) is 5.88 Å². The van der Waals surface area contributed by atoms with Crippen molar-refractivity contribution in [3.63, 3.8) is 0 Å². The standard InChI is InChI=1S/C10H15ClN2/c1-7-6-12-9(5-11)8(2)10(7)13(3)4/h6H,5H2,1-4H3. The third-order valence-electron chi connectivity index (χ3n) is 2.15. The molecule has 0 aromatic carbocycles. The van der Waals surface area contributed by atoms with Gasteiger partial charge in [-0.05, 0) is 25.0 Å². The largest absolute Gasteiger partial charge is 0.377 e. The molecule has 0 N–H and O–H groups in total. The summed E-state index contributed by atoms with van der Waals surface area (Å²) < 4.78 is 0. The van der Waals surface area contributed by atoms with E-state index in [9.17, 15) is 0 Å². The molecule has 0 radical (unpaired) electrons. The summed E-state index contributed by atoms with van der Waals surface area (Å²) in [5, 5.41) is 0. The van der Waals surface area contributed by atoms with E-state index in [1.807, 2.05) is 20.3 Å². The molecule has 1 heterocycles. The highest BCUT2D eigenvalue weighted by molar-refractivity contribution is 6.17. The molecule has 0 aliphatic heterocycles. The van der Waals surface area contributed by atoms with Crippen LogP contribution in [0.25, 0.3) is 0 Å². The Hall–Kier alpha value is -0.760. The molecule has 0 unspecified atom stereocenters. The van der Waals surface area contributed by atoms with E-state index < -0.39 is 0 Å². The summed E-state index contributed by atoms with van der Waals surface area (Å²) in [6, 6.07) is 0. The summed E-state index contributed by atoms with van der Waals surface area (Å²) in [4.78, 5) is 6.38. The molecular formula is C10H15ClN2. The van der Waals surface area contributed by atoms with Gasteiger partial charge in [-0.2, -0.15) is 0 Å². The van der Waals surface area contributed by atoms with Crippen LogP contribution in [0.3, 0.4) is 0 Å². The molecule has 13 heavy (non-hydrogen) atoms. The Kier molecular flexibility index (Phi) is 3.15. The molecule has 0 bridgehead atoms. The fourth-order valence-corrected chi connectivity index (χ4v) is 1.86. The van der Waals surface area contributed by atoms with Crippen molar-refractivity contribution < 1.29 is 0 Å². The van der Waals surface area contributed by atoms with Crippen LogP contribution in [-0.4, -0.2) is 19.1 Å². The lowest BCUT2D eigenvalue weighted by atomic mass is 10.1. The molecule has 0 saturated carbocycles. The lowest BCUT2D eigenvalue weighted by molar-refractivity contribution is 1.03. The molecule has 0 saturated heterocycles. The molecule has 0 amide bonds. The van der Waals surface area contributed by atoms with Crippen molar-refractivity contribution in [2.75, 3.05) is 19.0 Å². The number of nitrogens with zero attached hydrogens (tertiary/aromatic N) is 2. The van der Waals surface area contributed by atoms with Crippen molar-refractivity contribution in [1.29, 1.82) is 0 Å². The molecule has 0 atom stereocenters. The number of anilines is 1. The van der Waals surface area contributed by atoms with Gasteiger partial charge >= 0.3 is 0 Å². The Morgan fingerprint density at radius 2 is 2.00 bits per heavy atom. The highest BCUT2D eigenvalue weighted by Gasteiger charge is 2.09. The molecule has 0 spiro atoms. The van der Waals surface area contributed by atoms with Crippen LogP contribution in [0.1, 0.15) is 16.8 Å². The zero-order chi connectivity index (χ0) is 10.0. The van der Waals surface area contributed by atoms with Crippen molar-refractivity contribution in [2.45, 2.75) is 19.7 Å². The van der Waals surface area contributed by atoms with E-state index in [1.54, 1.807) is 0 Å². The molecule has 2 nitrogen and oxygen atoms in total. The van der Waals surface area contributed by atoms with Gasteiger partial charge < -0.3 is 4.90 Å². The minimum Gasteiger partial charge on any atom is -0.377 e. The summed E-state index contributed by atoms with van der Waals surface area (Å²) >= 11 is 5.78. The second kappa shape index (κ2) is 3.97. The van der Waals surface area contributed by atoms with E-state index in [0.29, 0.717) is 5.88 Å². The maximum Gasteiger partial charge on any atom is 0.0650 e. The van der Waals surface area contributed by atoms with Crippen LogP contribution in [0, 0.1) is 13.8 Å². The van der Waals surface area contributed by atoms with E-state index in [2.05, 4.69) is 23.7 Å². The summed E-state index contributed by atoms with van der Waals surface area (Å²) in [6.07, 6.45) is 1.88. The first-order valence-corrected chi connectivity index (χ1v) is 4.79. The Morgan fingerprint density at radius 3 is 2.46 bits per heavy atom. The second-order valence-corrected chi connectivity index (χ2v) is 3.66. The number of halogens is 1. The Balaban J connectivity index is 3.30. The number of alkyl halides is 1. The van der Waals surface area contributed by atoms with Gasteiger partial charge in [0.05, 0.1) is 11.6 Å². The van der Waals surface area contributed by atoms with Crippen molar-refractivity contribution in [3.05, 3.63) is 23.0 Å². The molecule has 0 aliphatic rings. The van der Waals surface area contributed by atoms with Gasteiger partial charge in [-0.15, -0.1) is 11.6 Å². The third kappa shape index (κ3) is 1.94. The molecule has 3 heteroatoms. The molecule has 72 valence electrons. The lowest BCUT2D eigenvalue weighted by Gasteiger charge is -2.19. The highest BCUT2D eigenvalue weighted by Crippen LogP contribution is 2.24. The number of aryl methyl sites for hydroxylation is 1. The monoisotopic (exact) mass is 198 g/mol. The van der Waals surface area contributed by atoms with Crippen LogP contribution in [0.4, 0.5) is 5.69 Å². The van der Waals surface area contributed by atoms with Crippen molar-refractivity contribution in [3.8, 4) is 0 Å². The molecule has 1 aromatic rings. The molecular weight excluding hydrogens is 184 g/mol. The van der Waals surface area contributed by atoms with Gasteiger partial charge in [0.15, 0.2) is 0 Å². The predicted octanol–water partition coefficient (Wildman–Crippen LogP) is 2.50. The van der Waals surface area contributed by atoms with Gasteiger partial charge in [-0.1, -0.05) is 0 Å². The van der Waals surface area contributed by atoms with Gasteiger partial charge in [-0.3, -0.25) is 4.98 Å². The summed E-state index contributed by atoms with van der Waals surface area (Å²) in [6.45, 7) is 4.13. The SMILES string of the molecule is Cc1cnc(CCl)c(C)c1N(C)C. The molecule has 0 aliphatic carbocycles. The quantitative estimate of drug-likeness (QED) is 0.679. The van der Waals surface area contributed by atoms with Crippen LogP contribution in [0.5, 0.6) is 0 Å². The van der Waals surface area contributed by atoms with Crippen LogP contribution < -0.4 is 4.90 Å². The van der Waals surface area contributed by atoms with E-state index in [4.69, 9.17) is 11.6 Å². The van der Waals surface area contributed by atoms with Crippen LogP contribution in [0.2, 0.25) is 0 Å². The van der Waals surface area contributed by atoms with E-state index in [1.165, 1.54) is 16.8 Å². The number of hydrogen-bond donors (Lipinski definition) is 0. The van der Waals surface area contributed by atoms with Gasteiger partial charge in [0.25, 0.3) is 0 Å². The maximum absolute atomic E-state index is 5.78. The summed E-state index contributed by atoms with van der Waals surface area (Å²) in [7, 11) is 4.07. The first-order chi connectivity index (χ1) is 6.07. The van der Waals surface area contributed by atoms with Crippen LogP contribution in [0.15, 0.2) is 6.20 Å². The Labute approximate surface area is 84.5 Å². The zero-order valence-corrected chi connectivity index (χ0v) is 9.31. The first kappa shape index (κ1) is 10.3. The number of aromatic nitrogens is 1. The molecule has 1 rings (SSSR count). The number of pyridine rings is 1. The number of hydrogen-bond acceptors (Lipinski definition) is 2. The fourth-order valence-electron chi connectivity index (χ4n) is 1.59. The minimum absolute atomic E-state index is 0.479. The van der Waals surface area contributed by atoms with Gasteiger partial charge in [-0.25, -0.2) is 0 Å². The third-order valence-corrected chi connectivity index (χ3v) is 2.40.